The lowest BCUT2D eigenvalue weighted by atomic mass is 10.00. The number of amides is 2. The Labute approximate surface area is 184 Å². The van der Waals surface area contributed by atoms with Gasteiger partial charge in [0, 0.05) is 25.8 Å². The van der Waals surface area contributed by atoms with Gasteiger partial charge in [-0.3, -0.25) is 14.6 Å². The van der Waals surface area contributed by atoms with Gasteiger partial charge in [-0.1, -0.05) is 29.5 Å². The minimum Gasteiger partial charge on any atom is -0.334 e. The van der Waals surface area contributed by atoms with Crippen LogP contribution >= 0.6 is 0 Å². The number of carbonyl (C=O) groups excluding carboxylic acids is 2. The maximum atomic E-state index is 14.0. The average Bonchev–Trinajstić information content (AvgIpc) is 3.48. The molecule has 8 nitrogen and oxygen atoms in total. The SMILES string of the molecule is O=C(c1cn(C[C@@H]2CCCN2C(=O)c2ccncc2F)nn1)N1CCc2ccccc2C1. The number of fused-ring (bicyclic) bond motifs is 1. The van der Waals surface area contributed by atoms with E-state index >= 15 is 0 Å². The lowest BCUT2D eigenvalue weighted by molar-refractivity contribution is 0.0710. The highest BCUT2D eigenvalue weighted by Crippen LogP contribution is 2.23. The van der Waals surface area contributed by atoms with Crippen molar-refractivity contribution < 1.29 is 14.0 Å². The van der Waals surface area contributed by atoms with Gasteiger partial charge in [0.2, 0.25) is 0 Å². The summed E-state index contributed by atoms with van der Waals surface area (Å²) in [5, 5.41) is 8.20. The van der Waals surface area contributed by atoms with Crippen LogP contribution in [0.15, 0.2) is 48.9 Å². The normalized spacial score (nSPS) is 18.0. The van der Waals surface area contributed by atoms with Crippen molar-refractivity contribution in [2.45, 2.75) is 38.4 Å². The summed E-state index contributed by atoms with van der Waals surface area (Å²) < 4.78 is 15.6. The van der Waals surface area contributed by atoms with Crippen LogP contribution in [0.25, 0.3) is 0 Å². The second kappa shape index (κ2) is 8.49. The Morgan fingerprint density at radius 2 is 1.94 bits per heavy atom. The van der Waals surface area contributed by atoms with Crippen LogP contribution in [0, 0.1) is 5.82 Å². The molecule has 9 heteroatoms. The topological polar surface area (TPSA) is 84.2 Å². The van der Waals surface area contributed by atoms with Gasteiger partial charge in [0.1, 0.15) is 0 Å². The number of likely N-dealkylation sites (tertiary alicyclic amines) is 1. The van der Waals surface area contributed by atoms with Gasteiger partial charge >= 0.3 is 0 Å². The molecule has 0 aliphatic carbocycles. The van der Waals surface area contributed by atoms with Crippen LogP contribution in [0.5, 0.6) is 0 Å². The fraction of sp³-hybridized carbons (Fsp3) is 0.348. The minimum absolute atomic E-state index is 0.0201. The van der Waals surface area contributed by atoms with E-state index in [0.29, 0.717) is 31.9 Å². The van der Waals surface area contributed by atoms with Crippen molar-refractivity contribution in [3.8, 4) is 0 Å². The van der Waals surface area contributed by atoms with Crippen LogP contribution in [0.4, 0.5) is 4.39 Å². The first kappa shape index (κ1) is 20.3. The van der Waals surface area contributed by atoms with Crippen LogP contribution in [-0.4, -0.2) is 60.7 Å². The zero-order chi connectivity index (χ0) is 22.1. The molecule has 0 radical (unpaired) electrons. The molecule has 4 heterocycles. The fourth-order valence-electron chi connectivity index (χ4n) is 4.53. The Hall–Kier alpha value is -3.62. The molecule has 2 aliphatic rings. The average molecular weight is 434 g/mol. The van der Waals surface area contributed by atoms with Crippen molar-refractivity contribution in [2.75, 3.05) is 13.1 Å². The molecule has 2 aliphatic heterocycles. The highest BCUT2D eigenvalue weighted by atomic mass is 19.1. The monoisotopic (exact) mass is 434 g/mol. The zero-order valence-electron chi connectivity index (χ0n) is 17.5. The molecule has 3 aromatic rings. The predicted molar refractivity (Wildman–Crippen MR) is 113 cm³/mol. The molecule has 32 heavy (non-hydrogen) atoms. The third kappa shape index (κ3) is 3.86. The Morgan fingerprint density at radius 3 is 2.78 bits per heavy atom. The van der Waals surface area contributed by atoms with E-state index in [0.717, 1.165) is 31.0 Å². The fourth-order valence-corrected chi connectivity index (χ4v) is 4.53. The van der Waals surface area contributed by atoms with Crippen molar-refractivity contribution in [3.05, 3.63) is 77.1 Å². The molecular weight excluding hydrogens is 411 g/mol. The zero-order valence-corrected chi connectivity index (χ0v) is 17.5. The third-order valence-corrected chi connectivity index (χ3v) is 6.21. The molecule has 0 unspecified atom stereocenters. The van der Waals surface area contributed by atoms with Gasteiger partial charge in [-0.2, -0.15) is 0 Å². The molecule has 0 spiro atoms. The number of hydrogen-bond donors (Lipinski definition) is 0. The van der Waals surface area contributed by atoms with Crippen LogP contribution in [0.1, 0.15) is 44.8 Å². The van der Waals surface area contributed by atoms with Gasteiger partial charge in [-0.25, -0.2) is 9.07 Å². The van der Waals surface area contributed by atoms with Crippen molar-refractivity contribution in [2.24, 2.45) is 0 Å². The number of aromatic nitrogens is 4. The molecule has 5 rings (SSSR count). The molecule has 0 N–H and O–H groups in total. The van der Waals surface area contributed by atoms with Crippen LogP contribution in [0.2, 0.25) is 0 Å². The second-order valence-corrected chi connectivity index (χ2v) is 8.22. The van der Waals surface area contributed by atoms with Crippen LogP contribution in [0.3, 0.4) is 0 Å². The summed E-state index contributed by atoms with van der Waals surface area (Å²) in [6.45, 7) is 2.16. The number of benzene rings is 1. The van der Waals surface area contributed by atoms with E-state index in [4.69, 9.17) is 0 Å². The maximum Gasteiger partial charge on any atom is 0.276 e. The van der Waals surface area contributed by atoms with E-state index in [1.54, 1.807) is 20.7 Å². The van der Waals surface area contributed by atoms with E-state index in [2.05, 4.69) is 21.4 Å². The molecule has 1 atom stereocenters. The number of carbonyl (C=O) groups is 2. The minimum atomic E-state index is -0.625. The molecule has 1 fully saturated rings. The van der Waals surface area contributed by atoms with Crippen molar-refractivity contribution in [3.63, 3.8) is 0 Å². The Morgan fingerprint density at radius 1 is 1.09 bits per heavy atom. The smallest absolute Gasteiger partial charge is 0.276 e. The number of nitrogens with zero attached hydrogens (tertiary/aromatic N) is 6. The first-order chi connectivity index (χ1) is 15.6. The van der Waals surface area contributed by atoms with Crippen molar-refractivity contribution in [1.82, 2.24) is 29.8 Å². The summed E-state index contributed by atoms with van der Waals surface area (Å²) in [6.07, 6.45) is 6.53. The molecule has 164 valence electrons. The predicted octanol–water partition coefficient (Wildman–Crippen LogP) is 2.32. The van der Waals surface area contributed by atoms with Gasteiger partial charge in [0.25, 0.3) is 11.8 Å². The third-order valence-electron chi connectivity index (χ3n) is 6.21. The summed E-state index contributed by atoms with van der Waals surface area (Å²) in [5.41, 5.74) is 2.74. The van der Waals surface area contributed by atoms with E-state index in [1.165, 1.54) is 17.8 Å². The van der Waals surface area contributed by atoms with Gasteiger partial charge in [-0.15, -0.1) is 5.10 Å². The van der Waals surface area contributed by atoms with Gasteiger partial charge in [-0.05, 0) is 36.5 Å². The van der Waals surface area contributed by atoms with Gasteiger partial charge in [0.15, 0.2) is 11.5 Å². The highest BCUT2D eigenvalue weighted by Gasteiger charge is 2.32. The quantitative estimate of drug-likeness (QED) is 0.629. The standard InChI is InChI=1S/C23H23FN6O2/c24-20-12-25-9-7-19(20)22(31)30-10-3-6-18(30)14-29-15-21(26-27-29)23(32)28-11-8-16-4-1-2-5-17(16)13-28/h1-2,4-5,7,9,12,15,18H,3,6,8,10-11,13-14H2/t18-/m0/s1. The van der Waals surface area contributed by atoms with Gasteiger partial charge < -0.3 is 9.80 Å². The first-order valence-electron chi connectivity index (χ1n) is 10.8. The number of hydrogen-bond acceptors (Lipinski definition) is 5. The van der Waals surface area contributed by atoms with Crippen molar-refractivity contribution >= 4 is 11.8 Å². The Bertz CT molecular complexity index is 1160. The molecule has 1 saturated heterocycles. The van der Waals surface area contributed by atoms with E-state index in [-0.39, 0.29) is 23.4 Å². The summed E-state index contributed by atoms with van der Waals surface area (Å²) in [4.78, 5) is 33.0. The molecule has 2 amide bonds. The number of halogens is 1. The van der Waals surface area contributed by atoms with E-state index in [9.17, 15) is 14.0 Å². The molecule has 2 aromatic heterocycles. The lowest BCUT2D eigenvalue weighted by Gasteiger charge is -2.28. The highest BCUT2D eigenvalue weighted by molar-refractivity contribution is 5.94. The maximum absolute atomic E-state index is 14.0. The molecule has 1 aromatic carbocycles. The van der Waals surface area contributed by atoms with Gasteiger partial charge in [0.05, 0.1) is 30.5 Å². The number of pyridine rings is 1. The lowest BCUT2D eigenvalue weighted by Crippen LogP contribution is -2.38. The van der Waals surface area contributed by atoms with E-state index < -0.39 is 5.82 Å². The van der Waals surface area contributed by atoms with Crippen LogP contribution < -0.4 is 0 Å². The largest absolute Gasteiger partial charge is 0.334 e. The van der Waals surface area contributed by atoms with E-state index in [1.807, 2.05) is 18.2 Å². The summed E-state index contributed by atoms with van der Waals surface area (Å²) in [6, 6.07) is 9.40. The molecule has 0 bridgehead atoms. The molecule has 0 saturated carbocycles. The second-order valence-electron chi connectivity index (χ2n) is 8.22. The first-order valence-corrected chi connectivity index (χ1v) is 10.8. The molecular formula is C23H23FN6O2. The Kier molecular flexibility index (Phi) is 5.38. The number of rotatable bonds is 4. The van der Waals surface area contributed by atoms with Crippen LogP contribution in [-0.2, 0) is 19.5 Å². The summed E-state index contributed by atoms with van der Waals surface area (Å²) >= 11 is 0. The van der Waals surface area contributed by atoms with Crippen molar-refractivity contribution in [1.29, 1.82) is 0 Å². The Balaban J connectivity index is 1.26. The summed E-state index contributed by atoms with van der Waals surface area (Å²) in [7, 11) is 0. The summed E-state index contributed by atoms with van der Waals surface area (Å²) in [5.74, 6) is -1.13.